The van der Waals surface area contributed by atoms with Crippen molar-refractivity contribution in [2.45, 2.75) is 20.4 Å². The van der Waals surface area contributed by atoms with Gasteiger partial charge in [-0.05, 0) is 48.2 Å². The molecule has 1 aromatic carbocycles. The van der Waals surface area contributed by atoms with E-state index < -0.39 is 0 Å². The van der Waals surface area contributed by atoms with E-state index in [9.17, 15) is 0 Å². The lowest BCUT2D eigenvalue weighted by Crippen LogP contribution is -1.97. The molecule has 2 rings (SSSR count). The number of rotatable bonds is 2. The number of nitrogens with two attached hydrogens (primary N) is 1. The Balaban J connectivity index is 2.59. The summed E-state index contributed by atoms with van der Waals surface area (Å²) in [6.07, 6.45) is 3.74. The molecule has 1 aromatic heterocycles. The molecule has 0 aliphatic carbocycles. The van der Waals surface area contributed by atoms with Gasteiger partial charge in [0, 0.05) is 24.5 Å². The van der Waals surface area contributed by atoms with Crippen molar-refractivity contribution < 1.29 is 0 Å². The van der Waals surface area contributed by atoms with Crippen LogP contribution in [0.1, 0.15) is 16.7 Å². The molecule has 0 fully saturated rings. The Kier molecular flexibility index (Phi) is 3.02. The molecule has 2 aromatic rings. The van der Waals surface area contributed by atoms with Gasteiger partial charge in [0.25, 0.3) is 0 Å². The molecule has 0 bridgehead atoms. The average molecular weight is 212 g/mol. The first-order chi connectivity index (χ1) is 7.72. The molecule has 0 aliphatic rings. The van der Waals surface area contributed by atoms with Gasteiger partial charge in [0.05, 0.1) is 0 Å². The quantitative estimate of drug-likeness (QED) is 0.831. The lowest BCUT2D eigenvalue weighted by atomic mass is 9.96. The molecular formula is C14H16N2. The summed E-state index contributed by atoms with van der Waals surface area (Å²) in [6.45, 7) is 4.79. The molecule has 0 atom stereocenters. The zero-order valence-corrected chi connectivity index (χ0v) is 9.70. The van der Waals surface area contributed by atoms with Gasteiger partial charge in [0.1, 0.15) is 0 Å². The second kappa shape index (κ2) is 4.45. The third kappa shape index (κ3) is 1.97. The van der Waals surface area contributed by atoms with E-state index in [2.05, 4.69) is 37.0 Å². The van der Waals surface area contributed by atoms with Crippen molar-refractivity contribution in [2.24, 2.45) is 5.73 Å². The maximum Gasteiger partial charge on any atom is 0.0349 e. The minimum Gasteiger partial charge on any atom is -0.326 e. The number of aryl methyl sites for hydroxylation is 2. The number of hydrogen-bond donors (Lipinski definition) is 1. The maximum atomic E-state index is 5.67. The van der Waals surface area contributed by atoms with Crippen LogP contribution in [-0.4, -0.2) is 4.98 Å². The van der Waals surface area contributed by atoms with Gasteiger partial charge in [0.2, 0.25) is 0 Å². The molecule has 0 unspecified atom stereocenters. The van der Waals surface area contributed by atoms with Gasteiger partial charge in [0.15, 0.2) is 0 Å². The van der Waals surface area contributed by atoms with E-state index in [1.807, 2.05) is 18.5 Å². The number of benzene rings is 1. The molecule has 1 heterocycles. The molecule has 0 saturated heterocycles. The van der Waals surface area contributed by atoms with Gasteiger partial charge in [-0.15, -0.1) is 0 Å². The summed E-state index contributed by atoms with van der Waals surface area (Å²) >= 11 is 0. The largest absolute Gasteiger partial charge is 0.326 e. The Labute approximate surface area is 96.1 Å². The van der Waals surface area contributed by atoms with E-state index in [1.165, 1.54) is 22.3 Å². The van der Waals surface area contributed by atoms with Gasteiger partial charge in [-0.2, -0.15) is 0 Å². The zero-order chi connectivity index (χ0) is 11.5. The monoisotopic (exact) mass is 212 g/mol. The first-order valence-corrected chi connectivity index (χ1v) is 5.43. The first-order valence-electron chi connectivity index (χ1n) is 5.43. The summed E-state index contributed by atoms with van der Waals surface area (Å²) in [5.41, 5.74) is 11.7. The highest BCUT2D eigenvalue weighted by atomic mass is 14.6. The molecule has 82 valence electrons. The lowest BCUT2D eigenvalue weighted by Gasteiger charge is -2.10. The normalized spacial score (nSPS) is 10.4. The van der Waals surface area contributed by atoms with E-state index in [4.69, 9.17) is 5.73 Å². The highest BCUT2D eigenvalue weighted by molar-refractivity contribution is 5.70. The predicted molar refractivity (Wildman–Crippen MR) is 67.0 cm³/mol. The van der Waals surface area contributed by atoms with Crippen LogP contribution in [0.3, 0.4) is 0 Å². The maximum absolute atomic E-state index is 5.67. The second-order valence-electron chi connectivity index (χ2n) is 4.04. The van der Waals surface area contributed by atoms with Gasteiger partial charge in [-0.3, -0.25) is 4.98 Å². The van der Waals surface area contributed by atoms with E-state index in [1.54, 1.807) is 0 Å². The number of nitrogens with zero attached hydrogens (tertiary/aromatic N) is 1. The smallest absolute Gasteiger partial charge is 0.0349 e. The highest BCUT2D eigenvalue weighted by Crippen LogP contribution is 2.26. The Hall–Kier alpha value is -1.67. The number of hydrogen-bond acceptors (Lipinski definition) is 2. The minimum absolute atomic E-state index is 0.576. The molecule has 0 radical (unpaired) electrons. The van der Waals surface area contributed by atoms with Crippen LogP contribution >= 0.6 is 0 Å². The molecular weight excluding hydrogens is 196 g/mol. The zero-order valence-electron chi connectivity index (χ0n) is 9.70. The van der Waals surface area contributed by atoms with Crippen LogP contribution in [0.4, 0.5) is 0 Å². The Bertz CT molecular complexity index is 504. The summed E-state index contributed by atoms with van der Waals surface area (Å²) < 4.78 is 0. The van der Waals surface area contributed by atoms with E-state index in [-0.39, 0.29) is 0 Å². The molecule has 2 N–H and O–H groups in total. The van der Waals surface area contributed by atoms with Crippen LogP contribution in [0.25, 0.3) is 11.1 Å². The Morgan fingerprint density at radius 2 is 1.81 bits per heavy atom. The van der Waals surface area contributed by atoms with Crippen LogP contribution in [-0.2, 0) is 6.54 Å². The van der Waals surface area contributed by atoms with Crippen molar-refractivity contribution in [1.29, 1.82) is 0 Å². The molecule has 0 aliphatic heterocycles. The summed E-state index contributed by atoms with van der Waals surface area (Å²) in [5, 5.41) is 0. The predicted octanol–water partition coefficient (Wildman–Crippen LogP) is 2.82. The van der Waals surface area contributed by atoms with Crippen molar-refractivity contribution >= 4 is 0 Å². The van der Waals surface area contributed by atoms with Gasteiger partial charge >= 0.3 is 0 Å². The van der Waals surface area contributed by atoms with Crippen LogP contribution in [0.15, 0.2) is 36.7 Å². The van der Waals surface area contributed by atoms with Crippen LogP contribution in [0.2, 0.25) is 0 Å². The second-order valence-corrected chi connectivity index (χ2v) is 4.04. The van der Waals surface area contributed by atoms with Crippen molar-refractivity contribution in [2.75, 3.05) is 0 Å². The van der Waals surface area contributed by atoms with Crippen molar-refractivity contribution in [3.63, 3.8) is 0 Å². The van der Waals surface area contributed by atoms with Crippen LogP contribution in [0, 0.1) is 13.8 Å². The third-order valence-corrected chi connectivity index (χ3v) is 2.87. The third-order valence-electron chi connectivity index (χ3n) is 2.87. The van der Waals surface area contributed by atoms with Crippen molar-refractivity contribution in [3.05, 3.63) is 53.3 Å². The molecule has 0 spiro atoms. The van der Waals surface area contributed by atoms with Gasteiger partial charge in [-0.1, -0.05) is 12.1 Å². The first kappa shape index (κ1) is 10.8. The van der Waals surface area contributed by atoms with Gasteiger partial charge in [-0.25, -0.2) is 0 Å². The number of aromatic nitrogens is 1. The fourth-order valence-corrected chi connectivity index (χ4v) is 1.83. The van der Waals surface area contributed by atoms with Gasteiger partial charge < -0.3 is 5.73 Å². The molecule has 0 amide bonds. The topological polar surface area (TPSA) is 38.9 Å². The fourth-order valence-electron chi connectivity index (χ4n) is 1.83. The molecule has 0 saturated carbocycles. The summed E-state index contributed by atoms with van der Waals surface area (Å²) in [4.78, 5) is 4.19. The van der Waals surface area contributed by atoms with E-state index >= 15 is 0 Å². The molecule has 16 heavy (non-hydrogen) atoms. The average Bonchev–Trinajstić information content (AvgIpc) is 2.31. The van der Waals surface area contributed by atoms with E-state index in [0.29, 0.717) is 6.54 Å². The fraction of sp³-hybridized carbons (Fsp3) is 0.214. The summed E-state index contributed by atoms with van der Waals surface area (Å²) in [5.74, 6) is 0. The summed E-state index contributed by atoms with van der Waals surface area (Å²) in [7, 11) is 0. The standard InChI is InChI=1S/C14H16N2/c1-10-3-4-12(8-15)7-13(10)14-9-16-6-5-11(14)2/h3-7,9H,8,15H2,1-2H3. The van der Waals surface area contributed by atoms with Crippen molar-refractivity contribution in [1.82, 2.24) is 4.98 Å². The molecule has 2 nitrogen and oxygen atoms in total. The SMILES string of the molecule is Cc1ccncc1-c1cc(CN)ccc1C. The Morgan fingerprint density at radius 1 is 1.06 bits per heavy atom. The van der Waals surface area contributed by atoms with Crippen molar-refractivity contribution in [3.8, 4) is 11.1 Å². The number of pyridine rings is 1. The highest BCUT2D eigenvalue weighted by Gasteiger charge is 2.05. The van der Waals surface area contributed by atoms with Crippen LogP contribution < -0.4 is 5.73 Å². The Morgan fingerprint density at radius 3 is 2.50 bits per heavy atom. The summed E-state index contributed by atoms with van der Waals surface area (Å²) in [6, 6.07) is 8.37. The molecule has 2 heteroatoms. The van der Waals surface area contributed by atoms with Crippen LogP contribution in [0.5, 0.6) is 0 Å². The van der Waals surface area contributed by atoms with E-state index in [0.717, 1.165) is 5.56 Å². The minimum atomic E-state index is 0.576. The lowest BCUT2D eigenvalue weighted by molar-refractivity contribution is 1.07.